The van der Waals surface area contributed by atoms with Gasteiger partial charge in [0.1, 0.15) is 11.2 Å². The van der Waals surface area contributed by atoms with Gasteiger partial charge in [0.15, 0.2) is 0 Å². The van der Waals surface area contributed by atoms with E-state index in [1.807, 2.05) is 24.3 Å². The van der Waals surface area contributed by atoms with E-state index in [2.05, 4.69) is 138 Å². The Balaban J connectivity index is 0.869. The second kappa shape index (κ2) is 13.3. The first-order valence-electron chi connectivity index (χ1n) is 22.6. The van der Waals surface area contributed by atoms with Crippen molar-refractivity contribution < 1.29 is 8.83 Å². The minimum Gasteiger partial charge on any atom is -0.422 e. The predicted octanol–water partition coefficient (Wildman–Crippen LogP) is 12.9. The molecule has 6 heterocycles. The third-order valence-corrected chi connectivity index (χ3v) is 15.4. The van der Waals surface area contributed by atoms with E-state index in [1.54, 1.807) is 0 Å². The molecule has 0 amide bonds. The van der Waals surface area contributed by atoms with Crippen molar-refractivity contribution in [1.29, 1.82) is 0 Å². The molecule has 4 aliphatic heterocycles. The minimum atomic E-state index is -0.297. The van der Waals surface area contributed by atoms with Gasteiger partial charge in [-0.15, -0.1) is 0 Å². The molecule has 0 saturated carbocycles. The number of anilines is 2. The van der Waals surface area contributed by atoms with E-state index in [4.69, 9.17) is 8.83 Å². The summed E-state index contributed by atoms with van der Waals surface area (Å²) < 4.78 is 12.6. The summed E-state index contributed by atoms with van der Waals surface area (Å²) >= 11 is 0. The highest BCUT2D eigenvalue weighted by atomic mass is 16.4. The monoisotopic (exact) mass is 820 g/mol. The summed E-state index contributed by atoms with van der Waals surface area (Å²) in [5.74, 6) is 0. The fraction of sp³-hybridized carbons (Fsp3) is 0.357. The minimum absolute atomic E-state index is 0.0452. The van der Waals surface area contributed by atoms with Gasteiger partial charge in [-0.3, -0.25) is 0 Å². The van der Waals surface area contributed by atoms with Crippen LogP contribution in [0, 0.1) is 0 Å². The highest BCUT2D eigenvalue weighted by Gasteiger charge is 2.43. The smallest absolute Gasteiger partial charge is 0.344 e. The van der Waals surface area contributed by atoms with Crippen molar-refractivity contribution in [3.8, 4) is 44.5 Å². The van der Waals surface area contributed by atoms with Crippen LogP contribution in [0.1, 0.15) is 103 Å². The molecule has 2 aromatic heterocycles. The lowest BCUT2D eigenvalue weighted by Gasteiger charge is -2.48. The van der Waals surface area contributed by atoms with Gasteiger partial charge in [-0.2, -0.15) is 0 Å². The SMILES string of the molecule is CC1(C)CCN2CCC(C)(C)c3c2c1cc1cc(-c2ccc(-c4ccc(-c5ccc(-c6cc7cc8c9c(c7oc6=O)C(C)(C)CCN9CCC8(C)C)cc5)cc4)cc2)c(=O)oc31. The van der Waals surface area contributed by atoms with Crippen LogP contribution >= 0.6 is 0 Å². The number of rotatable bonds is 4. The van der Waals surface area contributed by atoms with Gasteiger partial charge < -0.3 is 18.6 Å². The number of fused-ring (bicyclic) bond motifs is 4. The summed E-state index contributed by atoms with van der Waals surface area (Å²) in [6.07, 6.45) is 4.28. The van der Waals surface area contributed by atoms with Crippen LogP contribution in [0.5, 0.6) is 0 Å². The standard InChI is InChI=1S/C56H56N2O4/c1-53(2)21-25-57-27-23-55(5,6)45-47(57)43(53)31-39-29-41(51(59)61-49(39)45)37-17-13-35(14-18-37)33-9-11-34(12-10-33)36-15-19-38(20-16-36)42-30-40-32-44-48-46(50(40)62-52(42)60)56(7,8)24-28-58(48)26-22-54(44,3)4/h9-20,29-32H,21-28H2,1-8H3. The largest absolute Gasteiger partial charge is 0.422 e. The summed E-state index contributed by atoms with van der Waals surface area (Å²) in [6.45, 7) is 22.7. The van der Waals surface area contributed by atoms with Crippen LogP contribution in [0.2, 0.25) is 0 Å². The maximum absolute atomic E-state index is 13.7. The van der Waals surface area contributed by atoms with Gasteiger partial charge in [0.25, 0.3) is 0 Å². The third-order valence-electron chi connectivity index (χ3n) is 15.4. The molecular weight excluding hydrogens is 765 g/mol. The lowest BCUT2D eigenvalue weighted by atomic mass is 9.69. The van der Waals surface area contributed by atoms with Crippen LogP contribution < -0.4 is 21.1 Å². The molecule has 5 aromatic carbocycles. The molecule has 62 heavy (non-hydrogen) atoms. The number of hydrogen-bond donors (Lipinski definition) is 0. The molecule has 7 aromatic rings. The summed E-state index contributed by atoms with van der Waals surface area (Å²) in [5, 5.41) is 2.00. The highest BCUT2D eigenvalue weighted by Crippen LogP contribution is 2.53. The second-order valence-electron chi connectivity index (χ2n) is 21.3. The molecule has 6 nitrogen and oxygen atoms in total. The first-order valence-corrected chi connectivity index (χ1v) is 22.6. The van der Waals surface area contributed by atoms with Crippen molar-refractivity contribution in [3.05, 3.63) is 140 Å². The Morgan fingerprint density at radius 2 is 0.694 bits per heavy atom. The maximum atomic E-state index is 13.7. The number of benzene rings is 5. The van der Waals surface area contributed by atoms with Gasteiger partial charge in [0, 0.05) is 59.5 Å². The van der Waals surface area contributed by atoms with E-state index in [-0.39, 0.29) is 32.9 Å². The molecule has 11 rings (SSSR count). The van der Waals surface area contributed by atoms with Crippen LogP contribution in [-0.4, -0.2) is 26.2 Å². The van der Waals surface area contributed by atoms with Crippen LogP contribution in [0.4, 0.5) is 11.4 Å². The summed E-state index contributed by atoms with van der Waals surface area (Å²) in [6, 6.07) is 33.7. The zero-order valence-corrected chi connectivity index (χ0v) is 37.4. The van der Waals surface area contributed by atoms with Gasteiger partial charge in [0.2, 0.25) is 0 Å². The Hall–Kier alpha value is -5.88. The van der Waals surface area contributed by atoms with Crippen molar-refractivity contribution in [2.45, 2.75) is 103 Å². The van der Waals surface area contributed by atoms with Gasteiger partial charge >= 0.3 is 11.3 Å². The number of hydrogen-bond acceptors (Lipinski definition) is 6. The topological polar surface area (TPSA) is 66.9 Å². The van der Waals surface area contributed by atoms with E-state index in [9.17, 15) is 9.59 Å². The Bertz CT molecular complexity index is 2890. The highest BCUT2D eigenvalue weighted by molar-refractivity contribution is 5.94. The Morgan fingerprint density at radius 3 is 1.02 bits per heavy atom. The van der Waals surface area contributed by atoms with E-state index < -0.39 is 0 Å². The molecule has 0 bridgehead atoms. The Kier molecular flexibility index (Phi) is 8.37. The molecular formula is C56H56N2O4. The molecule has 314 valence electrons. The van der Waals surface area contributed by atoms with E-state index >= 15 is 0 Å². The third kappa shape index (κ3) is 5.96. The van der Waals surface area contributed by atoms with Crippen molar-refractivity contribution in [2.24, 2.45) is 0 Å². The zero-order valence-electron chi connectivity index (χ0n) is 37.4. The quantitative estimate of drug-likeness (QED) is 0.165. The van der Waals surface area contributed by atoms with Crippen LogP contribution in [-0.2, 0) is 21.7 Å². The Labute approximate surface area is 364 Å². The molecule has 0 spiro atoms. The fourth-order valence-corrected chi connectivity index (χ4v) is 11.2. The van der Waals surface area contributed by atoms with Crippen molar-refractivity contribution in [2.75, 3.05) is 36.0 Å². The molecule has 0 N–H and O–H groups in total. The normalized spacial score (nSPS) is 19.0. The molecule has 0 unspecified atom stereocenters. The van der Waals surface area contributed by atoms with E-state index in [0.717, 1.165) is 107 Å². The molecule has 0 atom stereocenters. The first-order chi connectivity index (χ1) is 29.5. The summed E-state index contributed by atoms with van der Waals surface area (Å²) in [4.78, 5) is 32.5. The Morgan fingerprint density at radius 1 is 0.403 bits per heavy atom. The van der Waals surface area contributed by atoms with Crippen LogP contribution in [0.15, 0.2) is 115 Å². The number of nitrogens with zero attached hydrogens (tertiary/aromatic N) is 2. The van der Waals surface area contributed by atoms with Gasteiger partial charge in [-0.1, -0.05) is 128 Å². The molecule has 4 aliphatic rings. The molecule has 0 aliphatic carbocycles. The second-order valence-corrected chi connectivity index (χ2v) is 21.3. The summed E-state index contributed by atoms with van der Waals surface area (Å²) in [7, 11) is 0. The van der Waals surface area contributed by atoms with Gasteiger partial charge in [-0.05, 0) is 116 Å². The molecule has 6 heteroatoms. The van der Waals surface area contributed by atoms with E-state index in [0.29, 0.717) is 11.1 Å². The first kappa shape index (κ1) is 39.0. The maximum Gasteiger partial charge on any atom is 0.344 e. The molecule has 0 radical (unpaired) electrons. The predicted molar refractivity (Wildman–Crippen MR) is 255 cm³/mol. The average Bonchev–Trinajstić information content (AvgIpc) is 3.24. The van der Waals surface area contributed by atoms with Crippen molar-refractivity contribution >= 4 is 33.3 Å². The van der Waals surface area contributed by atoms with E-state index in [1.165, 1.54) is 33.6 Å². The van der Waals surface area contributed by atoms with Crippen LogP contribution in [0.25, 0.3) is 66.4 Å². The molecule has 0 saturated heterocycles. The lowest BCUT2D eigenvalue weighted by molar-refractivity contribution is 0.398. The van der Waals surface area contributed by atoms with Crippen molar-refractivity contribution in [3.63, 3.8) is 0 Å². The zero-order chi connectivity index (χ0) is 43.1. The van der Waals surface area contributed by atoms with Crippen LogP contribution in [0.3, 0.4) is 0 Å². The fourth-order valence-electron chi connectivity index (χ4n) is 11.2. The lowest BCUT2D eigenvalue weighted by Crippen LogP contribution is -2.44. The van der Waals surface area contributed by atoms with Crippen molar-refractivity contribution in [1.82, 2.24) is 0 Å². The van der Waals surface area contributed by atoms with Gasteiger partial charge in [0.05, 0.1) is 11.1 Å². The van der Waals surface area contributed by atoms with Gasteiger partial charge in [-0.25, -0.2) is 9.59 Å². The molecule has 0 fully saturated rings. The average molecular weight is 821 g/mol. The summed E-state index contributed by atoms with van der Waals surface area (Å²) in [5.41, 5.74) is 15.7.